The third-order valence-electron chi connectivity index (χ3n) is 2.52. The SMILES string of the molecule is C=CC(=C)OCCN1CCN(C)CC1. The van der Waals surface area contributed by atoms with Crippen molar-refractivity contribution in [1.29, 1.82) is 0 Å². The largest absolute Gasteiger partial charge is 0.493 e. The molecule has 0 amide bonds. The Hall–Kier alpha value is -0.800. The lowest BCUT2D eigenvalue weighted by molar-refractivity contribution is 0.116. The van der Waals surface area contributed by atoms with Gasteiger partial charge in [0.15, 0.2) is 0 Å². The molecule has 3 heteroatoms. The van der Waals surface area contributed by atoms with Crippen molar-refractivity contribution < 1.29 is 4.74 Å². The first kappa shape index (κ1) is 11.3. The lowest BCUT2D eigenvalue weighted by Crippen LogP contribution is -2.45. The Labute approximate surface area is 86.6 Å². The number of likely N-dealkylation sites (N-methyl/N-ethyl adjacent to an activating group) is 1. The van der Waals surface area contributed by atoms with Crippen LogP contribution in [0.4, 0.5) is 0 Å². The quantitative estimate of drug-likeness (QED) is 0.481. The number of nitrogens with zero attached hydrogens (tertiary/aromatic N) is 2. The molecule has 1 heterocycles. The zero-order valence-electron chi connectivity index (χ0n) is 9.04. The van der Waals surface area contributed by atoms with Crippen LogP contribution in [0.2, 0.25) is 0 Å². The summed E-state index contributed by atoms with van der Waals surface area (Å²) >= 11 is 0. The molecule has 1 fully saturated rings. The Kier molecular flexibility index (Phi) is 4.70. The molecule has 80 valence electrons. The Morgan fingerprint density at radius 2 is 2.00 bits per heavy atom. The topological polar surface area (TPSA) is 15.7 Å². The fourth-order valence-corrected chi connectivity index (χ4v) is 1.44. The summed E-state index contributed by atoms with van der Waals surface area (Å²) in [6.07, 6.45) is 1.64. The highest BCUT2D eigenvalue weighted by Gasteiger charge is 2.12. The van der Waals surface area contributed by atoms with Crippen molar-refractivity contribution in [1.82, 2.24) is 9.80 Å². The molecule has 0 atom stereocenters. The Balaban J connectivity index is 2.07. The molecule has 0 unspecified atom stereocenters. The number of piperazine rings is 1. The summed E-state index contributed by atoms with van der Waals surface area (Å²) in [4.78, 5) is 4.76. The van der Waals surface area contributed by atoms with E-state index in [1.165, 1.54) is 0 Å². The number of hydrogen-bond acceptors (Lipinski definition) is 3. The van der Waals surface area contributed by atoms with Gasteiger partial charge in [-0.15, -0.1) is 0 Å². The maximum Gasteiger partial charge on any atom is 0.111 e. The molecule has 1 saturated heterocycles. The highest BCUT2D eigenvalue weighted by molar-refractivity contribution is 5.01. The van der Waals surface area contributed by atoms with Crippen LogP contribution in [0.3, 0.4) is 0 Å². The van der Waals surface area contributed by atoms with Gasteiger partial charge in [-0.05, 0) is 13.1 Å². The highest BCUT2D eigenvalue weighted by Crippen LogP contribution is 2.00. The van der Waals surface area contributed by atoms with Crippen LogP contribution in [0.25, 0.3) is 0 Å². The van der Waals surface area contributed by atoms with Crippen LogP contribution in [-0.4, -0.2) is 56.2 Å². The summed E-state index contributed by atoms with van der Waals surface area (Å²) in [5.74, 6) is 0.666. The van der Waals surface area contributed by atoms with Gasteiger partial charge >= 0.3 is 0 Å². The monoisotopic (exact) mass is 196 g/mol. The summed E-state index contributed by atoms with van der Waals surface area (Å²) in [7, 11) is 2.16. The summed E-state index contributed by atoms with van der Waals surface area (Å²) in [6, 6.07) is 0. The van der Waals surface area contributed by atoms with Gasteiger partial charge in [0.25, 0.3) is 0 Å². The molecule has 0 aromatic rings. The molecule has 1 rings (SSSR count). The molecule has 0 aliphatic carbocycles. The van der Waals surface area contributed by atoms with Crippen molar-refractivity contribution in [2.45, 2.75) is 0 Å². The van der Waals surface area contributed by atoms with Crippen LogP contribution >= 0.6 is 0 Å². The van der Waals surface area contributed by atoms with Crippen molar-refractivity contribution in [2.24, 2.45) is 0 Å². The van der Waals surface area contributed by atoms with Crippen molar-refractivity contribution in [2.75, 3.05) is 46.4 Å². The van der Waals surface area contributed by atoms with E-state index in [-0.39, 0.29) is 0 Å². The molecule has 0 radical (unpaired) electrons. The van der Waals surface area contributed by atoms with E-state index >= 15 is 0 Å². The minimum atomic E-state index is 0.666. The predicted molar refractivity (Wildman–Crippen MR) is 59.2 cm³/mol. The molecule has 14 heavy (non-hydrogen) atoms. The van der Waals surface area contributed by atoms with Crippen LogP contribution in [-0.2, 0) is 4.74 Å². The van der Waals surface area contributed by atoms with Crippen LogP contribution in [0.5, 0.6) is 0 Å². The van der Waals surface area contributed by atoms with Gasteiger partial charge in [0.2, 0.25) is 0 Å². The number of allylic oxidation sites excluding steroid dienone is 1. The summed E-state index contributed by atoms with van der Waals surface area (Å²) in [5, 5.41) is 0. The second-order valence-corrected chi connectivity index (χ2v) is 3.66. The van der Waals surface area contributed by atoms with Crippen molar-refractivity contribution in [3.63, 3.8) is 0 Å². The zero-order valence-corrected chi connectivity index (χ0v) is 9.04. The van der Waals surface area contributed by atoms with E-state index in [1.807, 2.05) is 0 Å². The van der Waals surface area contributed by atoms with Gasteiger partial charge in [-0.25, -0.2) is 0 Å². The summed E-state index contributed by atoms with van der Waals surface area (Å²) in [5.41, 5.74) is 0. The van der Waals surface area contributed by atoms with Crippen molar-refractivity contribution in [3.8, 4) is 0 Å². The fourth-order valence-electron chi connectivity index (χ4n) is 1.44. The van der Waals surface area contributed by atoms with Crippen LogP contribution in [0.1, 0.15) is 0 Å². The van der Waals surface area contributed by atoms with Gasteiger partial charge in [0.1, 0.15) is 12.4 Å². The number of hydrogen-bond donors (Lipinski definition) is 0. The molecule has 0 bridgehead atoms. The standard InChI is InChI=1S/C11H20N2O/c1-4-11(2)14-10-9-13-7-5-12(3)6-8-13/h4H,1-2,5-10H2,3H3. The van der Waals surface area contributed by atoms with E-state index in [2.05, 4.69) is 30.0 Å². The van der Waals surface area contributed by atoms with E-state index in [4.69, 9.17) is 4.74 Å². The Morgan fingerprint density at radius 1 is 1.36 bits per heavy atom. The molecule has 0 spiro atoms. The van der Waals surface area contributed by atoms with Gasteiger partial charge in [0, 0.05) is 32.7 Å². The number of rotatable bonds is 5. The fraction of sp³-hybridized carbons (Fsp3) is 0.636. The molecule has 0 saturated carbocycles. The average molecular weight is 196 g/mol. The first-order valence-corrected chi connectivity index (χ1v) is 5.07. The highest BCUT2D eigenvalue weighted by atomic mass is 16.5. The van der Waals surface area contributed by atoms with E-state index in [0.29, 0.717) is 12.4 Å². The van der Waals surface area contributed by atoms with Crippen LogP contribution in [0, 0.1) is 0 Å². The summed E-state index contributed by atoms with van der Waals surface area (Å²) < 4.78 is 5.35. The lowest BCUT2D eigenvalue weighted by atomic mass is 10.3. The third-order valence-corrected chi connectivity index (χ3v) is 2.52. The predicted octanol–water partition coefficient (Wildman–Crippen LogP) is 0.950. The van der Waals surface area contributed by atoms with Crippen molar-refractivity contribution >= 4 is 0 Å². The zero-order chi connectivity index (χ0) is 10.4. The maximum atomic E-state index is 5.35. The second-order valence-electron chi connectivity index (χ2n) is 3.66. The van der Waals surface area contributed by atoms with E-state index in [0.717, 1.165) is 32.7 Å². The third kappa shape index (κ3) is 3.94. The van der Waals surface area contributed by atoms with E-state index in [1.54, 1.807) is 6.08 Å². The molecule has 1 aliphatic heterocycles. The molecule has 0 N–H and O–H groups in total. The van der Waals surface area contributed by atoms with Gasteiger partial charge < -0.3 is 9.64 Å². The van der Waals surface area contributed by atoms with Crippen LogP contribution in [0.15, 0.2) is 25.0 Å². The minimum absolute atomic E-state index is 0.666. The van der Waals surface area contributed by atoms with Crippen LogP contribution < -0.4 is 0 Å². The summed E-state index contributed by atoms with van der Waals surface area (Å²) in [6.45, 7) is 13.6. The lowest BCUT2D eigenvalue weighted by Gasteiger charge is -2.32. The van der Waals surface area contributed by atoms with E-state index in [9.17, 15) is 0 Å². The first-order chi connectivity index (χ1) is 6.72. The minimum Gasteiger partial charge on any atom is -0.493 e. The van der Waals surface area contributed by atoms with Gasteiger partial charge in [-0.1, -0.05) is 13.2 Å². The Morgan fingerprint density at radius 3 is 2.57 bits per heavy atom. The Bertz CT molecular complexity index is 195. The molecular formula is C11H20N2O. The smallest absolute Gasteiger partial charge is 0.111 e. The van der Waals surface area contributed by atoms with Crippen molar-refractivity contribution in [3.05, 3.63) is 25.0 Å². The molecule has 3 nitrogen and oxygen atoms in total. The molecule has 0 aromatic carbocycles. The van der Waals surface area contributed by atoms with Gasteiger partial charge in [-0.3, -0.25) is 4.90 Å². The first-order valence-electron chi connectivity index (χ1n) is 5.07. The molecule has 1 aliphatic rings. The second kappa shape index (κ2) is 5.83. The average Bonchev–Trinajstić information content (AvgIpc) is 2.21. The molecule has 0 aromatic heterocycles. The van der Waals surface area contributed by atoms with E-state index < -0.39 is 0 Å². The maximum absolute atomic E-state index is 5.35. The van der Waals surface area contributed by atoms with Gasteiger partial charge in [0.05, 0.1) is 0 Å². The normalized spacial score (nSPS) is 19.2. The number of ether oxygens (including phenoxy) is 1. The molecular weight excluding hydrogens is 176 g/mol. The van der Waals surface area contributed by atoms with Gasteiger partial charge in [-0.2, -0.15) is 0 Å².